The molecule has 1 unspecified atom stereocenters. The SMILES string of the molecule is CC(C)(C)OC(=O)NCC(CO)N/C(=C\C(=N)c1cccc(Cl)c1)C(=O)OI. The van der Waals surface area contributed by atoms with Crippen LogP contribution in [0.1, 0.15) is 26.3 Å². The van der Waals surface area contributed by atoms with E-state index in [1.165, 1.54) is 29.1 Å². The van der Waals surface area contributed by atoms with Crippen molar-refractivity contribution < 1.29 is 22.5 Å². The summed E-state index contributed by atoms with van der Waals surface area (Å²) in [5, 5.41) is 23.5. The normalized spacial score (nSPS) is 12.7. The Bertz CT molecular complexity index is 749. The van der Waals surface area contributed by atoms with E-state index in [2.05, 4.69) is 10.6 Å². The van der Waals surface area contributed by atoms with Gasteiger partial charge in [-0.3, -0.25) is 0 Å². The van der Waals surface area contributed by atoms with E-state index in [0.717, 1.165) is 0 Å². The van der Waals surface area contributed by atoms with Crippen LogP contribution in [0.4, 0.5) is 4.79 Å². The molecule has 0 heterocycles. The van der Waals surface area contributed by atoms with Gasteiger partial charge in [-0.15, -0.1) is 0 Å². The summed E-state index contributed by atoms with van der Waals surface area (Å²) in [5.74, 6) is -0.733. The van der Waals surface area contributed by atoms with Gasteiger partial charge in [0.05, 0.1) is 18.4 Å². The van der Waals surface area contributed by atoms with Gasteiger partial charge in [0.25, 0.3) is 0 Å². The Morgan fingerprint density at radius 3 is 2.61 bits per heavy atom. The minimum Gasteiger partial charge on any atom is -0.444 e. The number of rotatable bonds is 8. The number of aliphatic hydroxyl groups is 1. The van der Waals surface area contributed by atoms with Gasteiger partial charge in [0.15, 0.2) is 23.0 Å². The summed E-state index contributed by atoms with van der Waals surface area (Å²) in [4.78, 5) is 23.8. The maximum absolute atomic E-state index is 12.0. The summed E-state index contributed by atoms with van der Waals surface area (Å²) in [6, 6.07) is 5.91. The molecule has 0 aliphatic heterocycles. The molecule has 0 aromatic heterocycles. The molecule has 10 heteroatoms. The Kier molecular flexibility index (Phi) is 9.70. The maximum atomic E-state index is 12.0. The van der Waals surface area contributed by atoms with Gasteiger partial charge in [0.2, 0.25) is 0 Å². The lowest BCUT2D eigenvalue weighted by Gasteiger charge is -2.22. The smallest absolute Gasteiger partial charge is 0.407 e. The third-order valence-corrected chi connectivity index (χ3v) is 3.82. The van der Waals surface area contributed by atoms with Crippen molar-refractivity contribution in [3.05, 3.63) is 46.6 Å². The van der Waals surface area contributed by atoms with E-state index in [4.69, 9.17) is 24.8 Å². The molecule has 4 N–H and O–H groups in total. The molecule has 1 atom stereocenters. The van der Waals surface area contributed by atoms with E-state index >= 15 is 0 Å². The van der Waals surface area contributed by atoms with Crippen molar-refractivity contribution in [3.63, 3.8) is 0 Å². The van der Waals surface area contributed by atoms with E-state index in [-0.39, 0.29) is 24.6 Å². The van der Waals surface area contributed by atoms with Gasteiger partial charge < -0.3 is 29.0 Å². The molecular formula is C18H23ClIN3O5. The summed E-state index contributed by atoms with van der Waals surface area (Å²) < 4.78 is 9.82. The highest BCUT2D eigenvalue weighted by atomic mass is 127. The van der Waals surface area contributed by atoms with Crippen molar-refractivity contribution in [2.75, 3.05) is 13.2 Å². The first-order chi connectivity index (χ1) is 13.1. The number of halogens is 2. The van der Waals surface area contributed by atoms with Crippen LogP contribution in [0, 0.1) is 5.41 Å². The molecule has 0 bridgehead atoms. The first-order valence-corrected chi connectivity index (χ1v) is 9.55. The Balaban J connectivity index is 2.87. The van der Waals surface area contributed by atoms with Crippen LogP contribution in [-0.4, -0.2) is 47.7 Å². The Morgan fingerprint density at radius 2 is 2.07 bits per heavy atom. The number of hydrogen-bond donors (Lipinski definition) is 4. The first kappa shape index (κ1) is 24.2. The van der Waals surface area contributed by atoms with Crippen molar-refractivity contribution >= 4 is 52.4 Å². The number of alkyl carbamates (subject to hydrolysis) is 1. The van der Waals surface area contributed by atoms with Crippen LogP contribution >= 0.6 is 34.6 Å². The monoisotopic (exact) mass is 523 g/mol. The average Bonchev–Trinajstić information content (AvgIpc) is 2.61. The number of benzene rings is 1. The number of aliphatic hydroxyl groups excluding tert-OH is 1. The number of carbonyl (C=O) groups excluding carboxylic acids is 2. The molecule has 0 radical (unpaired) electrons. The zero-order valence-corrected chi connectivity index (χ0v) is 18.6. The molecule has 0 spiro atoms. The Labute approximate surface area is 182 Å². The number of carbonyl (C=O) groups is 2. The third kappa shape index (κ3) is 8.89. The number of ether oxygens (including phenoxy) is 1. The largest absolute Gasteiger partial charge is 0.444 e. The molecule has 154 valence electrons. The lowest BCUT2D eigenvalue weighted by Crippen LogP contribution is -2.45. The Hall–Kier alpha value is -1.85. The molecule has 0 fully saturated rings. The van der Waals surface area contributed by atoms with Gasteiger partial charge in [-0.25, -0.2) is 9.59 Å². The van der Waals surface area contributed by atoms with Crippen molar-refractivity contribution in [1.29, 1.82) is 5.41 Å². The molecule has 0 saturated heterocycles. The summed E-state index contributed by atoms with van der Waals surface area (Å²) in [6.45, 7) is 4.79. The quantitative estimate of drug-likeness (QED) is 0.236. The van der Waals surface area contributed by atoms with E-state index in [1.807, 2.05) is 0 Å². The highest BCUT2D eigenvalue weighted by Gasteiger charge is 2.20. The van der Waals surface area contributed by atoms with Crippen LogP contribution in [0.5, 0.6) is 0 Å². The van der Waals surface area contributed by atoms with Gasteiger partial charge >= 0.3 is 12.1 Å². The van der Waals surface area contributed by atoms with Gasteiger partial charge in [-0.1, -0.05) is 23.7 Å². The van der Waals surface area contributed by atoms with Crippen LogP contribution in [0.2, 0.25) is 5.02 Å². The predicted octanol–water partition coefficient (Wildman–Crippen LogP) is 2.96. The second kappa shape index (κ2) is 11.2. The highest BCUT2D eigenvalue weighted by Crippen LogP contribution is 2.13. The minimum absolute atomic E-state index is 0.0121. The van der Waals surface area contributed by atoms with Crippen molar-refractivity contribution in [2.45, 2.75) is 32.4 Å². The van der Waals surface area contributed by atoms with E-state index in [1.54, 1.807) is 45.0 Å². The van der Waals surface area contributed by atoms with Crippen molar-refractivity contribution in [3.8, 4) is 0 Å². The van der Waals surface area contributed by atoms with Crippen LogP contribution < -0.4 is 10.6 Å². The number of nitrogens with one attached hydrogen (secondary N) is 3. The van der Waals surface area contributed by atoms with Gasteiger partial charge in [-0.05, 0) is 39.0 Å². The fraction of sp³-hybridized carbons (Fsp3) is 0.389. The van der Waals surface area contributed by atoms with Crippen molar-refractivity contribution in [1.82, 2.24) is 10.6 Å². The van der Waals surface area contributed by atoms with Crippen LogP contribution in [0.25, 0.3) is 0 Å². The van der Waals surface area contributed by atoms with E-state index < -0.39 is 23.7 Å². The molecular weight excluding hydrogens is 501 g/mol. The Morgan fingerprint density at radius 1 is 1.39 bits per heavy atom. The molecule has 0 saturated carbocycles. The molecule has 1 aromatic carbocycles. The number of hydrogen-bond acceptors (Lipinski definition) is 7. The lowest BCUT2D eigenvalue weighted by molar-refractivity contribution is -0.127. The van der Waals surface area contributed by atoms with Gasteiger partial charge in [0.1, 0.15) is 11.3 Å². The van der Waals surface area contributed by atoms with Crippen LogP contribution in [0.15, 0.2) is 36.0 Å². The standard InChI is InChI=1S/C18H23ClIN3O5/c1-18(2,3)27-17(26)22-9-13(10-24)23-15(16(25)28-20)8-14(21)11-5-4-6-12(19)7-11/h4-8,13,21,23-24H,9-10H2,1-3H3,(H,22,26)/b15-8-,21-14?. The minimum atomic E-state index is -0.733. The fourth-order valence-electron chi connectivity index (χ4n) is 1.99. The highest BCUT2D eigenvalue weighted by molar-refractivity contribution is 14.1. The van der Waals surface area contributed by atoms with Gasteiger partial charge in [0, 0.05) is 17.1 Å². The van der Waals surface area contributed by atoms with Crippen LogP contribution in [-0.2, 0) is 12.6 Å². The zero-order chi connectivity index (χ0) is 21.3. The predicted molar refractivity (Wildman–Crippen MR) is 115 cm³/mol. The van der Waals surface area contributed by atoms with E-state index in [0.29, 0.717) is 10.6 Å². The maximum Gasteiger partial charge on any atom is 0.407 e. The molecule has 1 rings (SSSR count). The molecule has 1 aromatic rings. The first-order valence-electron chi connectivity index (χ1n) is 8.29. The summed E-state index contributed by atoms with van der Waals surface area (Å²) in [7, 11) is 0. The molecule has 0 aliphatic rings. The summed E-state index contributed by atoms with van der Waals surface area (Å²) in [5.41, 5.74) is -0.192. The summed E-state index contributed by atoms with van der Waals surface area (Å²) >= 11 is 7.35. The zero-order valence-electron chi connectivity index (χ0n) is 15.7. The molecule has 1 amide bonds. The number of amides is 1. The average molecular weight is 524 g/mol. The van der Waals surface area contributed by atoms with Crippen LogP contribution in [0.3, 0.4) is 0 Å². The third-order valence-electron chi connectivity index (χ3n) is 3.19. The number of allylic oxidation sites excluding steroid dienone is 1. The van der Waals surface area contributed by atoms with Crippen molar-refractivity contribution in [2.24, 2.45) is 0 Å². The second-order valence-electron chi connectivity index (χ2n) is 6.75. The lowest BCUT2D eigenvalue weighted by atomic mass is 10.1. The molecule has 28 heavy (non-hydrogen) atoms. The fourth-order valence-corrected chi connectivity index (χ4v) is 2.41. The molecule has 8 nitrogen and oxygen atoms in total. The topological polar surface area (TPSA) is 121 Å². The second-order valence-corrected chi connectivity index (χ2v) is 7.63. The molecule has 0 aliphatic carbocycles. The van der Waals surface area contributed by atoms with Gasteiger partial charge in [-0.2, -0.15) is 0 Å². The summed E-state index contributed by atoms with van der Waals surface area (Å²) in [6.07, 6.45) is 0.615. The van der Waals surface area contributed by atoms with E-state index in [9.17, 15) is 14.7 Å².